The standard InChI is InChI=1S/C20H21N3O2S2/c1-3-22-27(2,25)16-9-6-14(7-10-16)20(24)23-18-13-15(8-11-17(18)21)19-5-4-12-26-19/h4-13H,3,21H2,1-2H3,(H,23,24). The maximum atomic E-state index is 12.6. The van der Waals surface area contributed by atoms with Crippen LogP contribution in [0.3, 0.4) is 0 Å². The Hall–Kier alpha value is -2.64. The van der Waals surface area contributed by atoms with Crippen LogP contribution in [0.1, 0.15) is 17.3 Å². The van der Waals surface area contributed by atoms with Crippen molar-refractivity contribution in [3.63, 3.8) is 0 Å². The molecule has 0 aliphatic heterocycles. The van der Waals surface area contributed by atoms with Gasteiger partial charge in [0.25, 0.3) is 5.91 Å². The van der Waals surface area contributed by atoms with Crippen LogP contribution in [-0.4, -0.2) is 22.9 Å². The number of nitrogen functional groups attached to an aromatic ring is 1. The van der Waals surface area contributed by atoms with Gasteiger partial charge in [-0.15, -0.1) is 11.3 Å². The second-order valence-electron chi connectivity index (χ2n) is 6.01. The highest BCUT2D eigenvalue weighted by Gasteiger charge is 2.12. The minimum atomic E-state index is -2.42. The third-order valence-corrected chi connectivity index (χ3v) is 6.85. The summed E-state index contributed by atoms with van der Waals surface area (Å²) in [4.78, 5) is 14.3. The van der Waals surface area contributed by atoms with E-state index in [2.05, 4.69) is 9.68 Å². The first kappa shape index (κ1) is 19.1. The fourth-order valence-electron chi connectivity index (χ4n) is 2.63. The summed E-state index contributed by atoms with van der Waals surface area (Å²) in [5, 5.41) is 4.86. The Balaban J connectivity index is 1.83. The monoisotopic (exact) mass is 399 g/mol. The number of anilines is 2. The third kappa shape index (κ3) is 4.37. The van der Waals surface area contributed by atoms with Crippen molar-refractivity contribution in [3.8, 4) is 10.4 Å². The molecule has 5 nitrogen and oxygen atoms in total. The van der Waals surface area contributed by atoms with Crippen molar-refractivity contribution in [2.24, 2.45) is 4.36 Å². The van der Waals surface area contributed by atoms with Crippen LogP contribution < -0.4 is 11.1 Å². The van der Waals surface area contributed by atoms with E-state index in [0.29, 0.717) is 28.4 Å². The van der Waals surface area contributed by atoms with E-state index in [1.165, 1.54) is 0 Å². The number of benzene rings is 2. The van der Waals surface area contributed by atoms with Crippen molar-refractivity contribution < 1.29 is 9.00 Å². The lowest BCUT2D eigenvalue weighted by Gasteiger charge is -2.11. The summed E-state index contributed by atoms with van der Waals surface area (Å²) < 4.78 is 16.6. The summed E-state index contributed by atoms with van der Waals surface area (Å²) in [5.74, 6) is -0.272. The zero-order chi connectivity index (χ0) is 19.4. The van der Waals surface area contributed by atoms with Crippen molar-refractivity contribution in [2.75, 3.05) is 23.9 Å². The first-order valence-electron chi connectivity index (χ1n) is 8.43. The van der Waals surface area contributed by atoms with Crippen LogP contribution in [0.2, 0.25) is 0 Å². The van der Waals surface area contributed by atoms with Gasteiger partial charge in [-0.1, -0.05) is 12.1 Å². The van der Waals surface area contributed by atoms with E-state index in [0.717, 1.165) is 10.4 Å². The lowest BCUT2D eigenvalue weighted by Crippen LogP contribution is -2.13. The predicted molar refractivity (Wildman–Crippen MR) is 114 cm³/mol. The molecule has 0 spiro atoms. The molecular weight excluding hydrogens is 378 g/mol. The van der Waals surface area contributed by atoms with Crippen LogP contribution in [0.5, 0.6) is 0 Å². The predicted octanol–water partition coefficient (Wildman–Crippen LogP) is 4.73. The number of carbonyl (C=O) groups is 1. The molecule has 0 bridgehead atoms. The Kier molecular flexibility index (Phi) is 5.62. The second-order valence-corrected chi connectivity index (χ2v) is 9.29. The number of hydrogen-bond acceptors (Lipinski definition) is 5. The molecule has 0 aliphatic rings. The van der Waals surface area contributed by atoms with Crippen LogP contribution in [0.25, 0.3) is 10.4 Å². The van der Waals surface area contributed by atoms with E-state index >= 15 is 0 Å². The van der Waals surface area contributed by atoms with E-state index in [1.807, 2.05) is 36.6 Å². The van der Waals surface area contributed by atoms with Crippen LogP contribution in [0.4, 0.5) is 11.4 Å². The summed E-state index contributed by atoms with van der Waals surface area (Å²) in [6, 6.07) is 16.2. The number of carbonyl (C=O) groups excluding carboxylic acids is 1. The Morgan fingerprint density at radius 3 is 2.56 bits per heavy atom. The van der Waals surface area contributed by atoms with Gasteiger partial charge in [-0.05, 0) is 60.3 Å². The van der Waals surface area contributed by atoms with Crippen molar-refractivity contribution in [1.29, 1.82) is 0 Å². The lowest BCUT2D eigenvalue weighted by atomic mass is 10.1. The van der Waals surface area contributed by atoms with Crippen molar-refractivity contribution in [2.45, 2.75) is 11.8 Å². The van der Waals surface area contributed by atoms with Gasteiger partial charge in [0.15, 0.2) is 0 Å². The van der Waals surface area contributed by atoms with Gasteiger partial charge in [-0.2, -0.15) is 0 Å². The molecule has 0 saturated carbocycles. The molecule has 1 heterocycles. The topological polar surface area (TPSA) is 84.5 Å². The molecule has 3 N–H and O–H groups in total. The highest BCUT2D eigenvalue weighted by Crippen LogP contribution is 2.30. The smallest absolute Gasteiger partial charge is 0.255 e. The molecule has 1 aromatic heterocycles. The van der Waals surface area contributed by atoms with Crippen molar-refractivity contribution in [3.05, 3.63) is 65.5 Å². The summed E-state index contributed by atoms with van der Waals surface area (Å²) in [6.07, 6.45) is 1.60. The number of rotatable bonds is 5. The minimum absolute atomic E-state index is 0.272. The molecule has 1 unspecified atom stereocenters. The SMILES string of the molecule is CCN=S(C)(=O)c1ccc(C(=O)Nc2cc(-c3cccs3)ccc2N)cc1. The van der Waals surface area contributed by atoms with Gasteiger partial charge in [-0.3, -0.25) is 4.79 Å². The molecule has 3 rings (SSSR count). The minimum Gasteiger partial charge on any atom is -0.397 e. The number of thiophene rings is 1. The van der Waals surface area contributed by atoms with E-state index < -0.39 is 9.73 Å². The summed E-state index contributed by atoms with van der Waals surface area (Å²) in [6.45, 7) is 2.33. The zero-order valence-corrected chi connectivity index (χ0v) is 16.8. The molecule has 0 aliphatic carbocycles. The van der Waals surface area contributed by atoms with Crippen LogP contribution in [0, 0.1) is 0 Å². The molecule has 0 radical (unpaired) electrons. The Bertz CT molecular complexity index is 1070. The fourth-order valence-corrected chi connectivity index (χ4v) is 4.64. The van der Waals surface area contributed by atoms with E-state index in [-0.39, 0.29) is 5.91 Å². The molecule has 140 valence electrons. The third-order valence-electron chi connectivity index (χ3n) is 4.04. The highest BCUT2D eigenvalue weighted by atomic mass is 32.2. The second kappa shape index (κ2) is 7.94. The number of nitrogens with zero attached hydrogens (tertiary/aromatic N) is 1. The molecule has 3 aromatic rings. The molecule has 1 atom stereocenters. The van der Waals surface area contributed by atoms with E-state index in [1.54, 1.807) is 47.9 Å². The normalized spacial score (nSPS) is 13.0. The van der Waals surface area contributed by atoms with Gasteiger partial charge >= 0.3 is 0 Å². The van der Waals surface area contributed by atoms with Gasteiger partial charge < -0.3 is 11.1 Å². The molecular formula is C20H21N3O2S2. The van der Waals surface area contributed by atoms with Crippen LogP contribution in [0.15, 0.2) is 69.2 Å². The van der Waals surface area contributed by atoms with E-state index in [4.69, 9.17) is 5.73 Å². The fraction of sp³-hybridized carbons (Fsp3) is 0.150. The molecule has 0 saturated heterocycles. The maximum Gasteiger partial charge on any atom is 0.255 e. The summed E-state index contributed by atoms with van der Waals surface area (Å²) in [5.41, 5.74) is 8.55. The Morgan fingerprint density at radius 2 is 1.93 bits per heavy atom. The number of nitrogens with two attached hydrogens (primary N) is 1. The number of amides is 1. The summed E-state index contributed by atoms with van der Waals surface area (Å²) >= 11 is 1.62. The number of nitrogens with one attached hydrogen (secondary N) is 1. The molecule has 2 aromatic carbocycles. The first-order chi connectivity index (χ1) is 12.9. The zero-order valence-electron chi connectivity index (χ0n) is 15.1. The van der Waals surface area contributed by atoms with Crippen LogP contribution in [-0.2, 0) is 9.73 Å². The maximum absolute atomic E-state index is 12.6. The first-order valence-corrected chi connectivity index (χ1v) is 11.2. The lowest BCUT2D eigenvalue weighted by molar-refractivity contribution is 0.102. The van der Waals surface area contributed by atoms with Gasteiger partial charge in [0.05, 0.1) is 21.1 Å². The average Bonchev–Trinajstić information content (AvgIpc) is 3.18. The van der Waals surface area contributed by atoms with Crippen LogP contribution >= 0.6 is 11.3 Å². The Morgan fingerprint density at radius 1 is 1.19 bits per heavy atom. The van der Waals surface area contributed by atoms with Crippen molar-refractivity contribution in [1.82, 2.24) is 0 Å². The quantitative estimate of drug-likeness (QED) is 0.609. The molecule has 0 fully saturated rings. The summed E-state index contributed by atoms with van der Waals surface area (Å²) in [7, 11) is -2.42. The van der Waals surface area contributed by atoms with Gasteiger partial charge in [0.1, 0.15) is 0 Å². The highest BCUT2D eigenvalue weighted by molar-refractivity contribution is 7.93. The average molecular weight is 400 g/mol. The van der Waals surface area contributed by atoms with Crippen molar-refractivity contribution >= 4 is 38.3 Å². The molecule has 7 heteroatoms. The van der Waals surface area contributed by atoms with Gasteiger partial charge in [0, 0.05) is 28.1 Å². The van der Waals surface area contributed by atoms with Gasteiger partial charge in [-0.25, -0.2) is 8.57 Å². The largest absolute Gasteiger partial charge is 0.397 e. The number of hydrogen-bond donors (Lipinski definition) is 2. The Labute approximate surface area is 163 Å². The molecule has 1 amide bonds. The van der Waals surface area contributed by atoms with Gasteiger partial charge in [0.2, 0.25) is 0 Å². The molecule has 27 heavy (non-hydrogen) atoms. The van der Waals surface area contributed by atoms with E-state index in [9.17, 15) is 9.00 Å².